The lowest BCUT2D eigenvalue weighted by molar-refractivity contribution is 0.599. The highest BCUT2D eigenvalue weighted by Gasteiger charge is 2.14. The van der Waals surface area contributed by atoms with E-state index in [0.29, 0.717) is 0 Å². The van der Waals surface area contributed by atoms with Crippen molar-refractivity contribution in [3.8, 4) is 0 Å². The van der Waals surface area contributed by atoms with Crippen molar-refractivity contribution in [2.24, 2.45) is 0 Å². The predicted octanol–water partition coefficient (Wildman–Crippen LogP) is 4.52. The third-order valence-corrected chi connectivity index (χ3v) is 4.46. The van der Waals surface area contributed by atoms with Gasteiger partial charge in [-0.05, 0) is 24.5 Å². The molecule has 0 radical (unpaired) electrons. The van der Waals surface area contributed by atoms with E-state index in [9.17, 15) is 8.42 Å². The second-order valence-electron chi connectivity index (χ2n) is 4.56. The van der Waals surface area contributed by atoms with Crippen molar-refractivity contribution < 1.29 is 8.42 Å². The summed E-state index contributed by atoms with van der Waals surface area (Å²) in [5.74, 6) is 0. The zero-order valence-corrected chi connectivity index (χ0v) is 12.4. The molecule has 0 atom stereocenters. The Hall–Kier alpha value is -0.540. The van der Waals surface area contributed by atoms with Crippen LogP contribution in [-0.4, -0.2) is 8.42 Å². The fraction of sp³-hybridized carbons (Fsp3) is 0.571. The standard InChI is InChI=1S/C14H21ClO2S/c1-2-3-4-5-6-7-10-13-11-8-9-12-14(13)18(15,16)17/h8-9,11-12H,2-7,10H2,1H3. The molecule has 0 aliphatic rings. The van der Waals surface area contributed by atoms with Gasteiger partial charge in [-0.15, -0.1) is 0 Å². The highest BCUT2D eigenvalue weighted by molar-refractivity contribution is 8.13. The van der Waals surface area contributed by atoms with Gasteiger partial charge < -0.3 is 0 Å². The Labute approximate surface area is 115 Å². The van der Waals surface area contributed by atoms with E-state index < -0.39 is 9.05 Å². The molecule has 0 saturated heterocycles. The lowest BCUT2D eigenvalue weighted by atomic mass is 10.1. The Balaban J connectivity index is 2.48. The molecule has 4 heteroatoms. The maximum absolute atomic E-state index is 11.4. The molecule has 0 bridgehead atoms. The van der Waals surface area contributed by atoms with Gasteiger partial charge in [-0.25, -0.2) is 8.42 Å². The van der Waals surface area contributed by atoms with Crippen LogP contribution < -0.4 is 0 Å². The van der Waals surface area contributed by atoms with Crippen LogP contribution in [0.4, 0.5) is 0 Å². The van der Waals surface area contributed by atoms with E-state index in [1.165, 1.54) is 25.7 Å². The Morgan fingerprint density at radius 2 is 1.61 bits per heavy atom. The highest BCUT2D eigenvalue weighted by Crippen LogP contribution is 2.21. The monoisotopic (exact) mass is 288 g/mol. The highest BCUT2D eigenvalue weighted by atomic mass is 35.7. The van der Waals surface area contributed by atoms with E-state index in [2.05, 4.69) is 6.92 Å². The largest absolute Gasteiger partial charge is 0.261 e. The van der Waals surface area contributed by atoms with Gasteiger partial charge >= 0.3 is 0 Å². The number of rotatable bonds is 8. The molecule has 0 aromatic heterocycles. The summed E-state index contributed by atoms with van der Waals surface area (Å²) in [4.78, 5) is 0.264. The predicted molar refractivity (Wildman–Crippen MR) is 76.6 cm³/mol. The molecule has 2 nitrogen and oxygen atoms in total. The fourth-order valence-electron chi connectivity index (χ4n) is 2.04. The third kappa shape index (κ3) is 5.40. The zero-order valence-electron chi connectivity index (χ0n) is 10.9. The molecule has 1 rings (SSSR count). The van der Waals surface area contributed by atoms with E-state index in [1.807, 2.05) is 12.1 Å². The summed E-state index contributed by atoms with van der Waals surface area (Å²) in [5.41, 5.74) is 0.836. The Morgan fingerprint density at radius 3 is 2.28 bits per heavy atom. The van der Waals surface area contributed by atoms with Crippen molar-refractivity contribution >= 4 is 19.7 Å². The molecule has 0 fully saturated rings. The van der Waals surface area contributed by atoms with Crippen LogP contribution in [0.15, 0.2) is 29.2 Å². The molecule has 0 amide bonds. The summed E-state index contributed by atoms with van der Waals surface area (Å²) in [6, 6.07) is 6.99. The van der Waals surface area contributed by atoms with Crippen molar-refractivity contribution in [3.05, 3.63) is 29.8 Å². The van der Waals surface area contributed by atoms with E-state index in [-0.39, 0.29) is 4.90 Å². The summed E-state index contributed by atoms with van der Waals surface area (Å²) in [6.45, 7) is 2.20. The Bertz CT molecular complexity index is 455. The van der Waals surface area contributed by atoms with Gasteiger partial charge in [-0.3, -0.25) is 0 Å². The molecule has 0 unspecified atom stereocenters. The van der Waals surface area contributed by atoms with Gasteiger partial charge in [-0.2, -0.15) is 0 Å². The Morgan fingerprint density at radius 1 is 1.00 bits per heavy atom. The van der Waals surface area contributed by atoms with Crippen LogP contribution in [0.1, 0.15) is 51.0 Å². The average molecular weight is 289 g/mol. The molecule has 0 aliphatic carbocycles. The summed E-state index contributed by atoms with van der Waals surface area (Å²) < 4.78 is 22.8. The summed E-state index contributed by atoms with van der Waals surface area (Å²) in [5, 5.41) is 0. The fourth-order valence-corrected chi connectivity index (χ4v) is 3.22. The first-order valence-corrected chi connectivity index (χ1v) is 8.89. The van der Waals surface area contributed by atoms with Gasteiger partial charge in [0.15, 0.2) is 0 Å². The average Bonchev–Trinajstić information content (AvgIpc) is 2.33. The van der Waals surface area contributed by atoms with Crippen LogP contribution in [0.2, 0.25) is 0 Å². The lowest BCUT2D eigenvalue weighted by Crippen LogP contribution is -1.98. The van der Waals surface area contributed by atoms with Crippen LogP contribution in [0.25, 0.3) is 0 Å². The van der Waals surface area contributed by atoms with Crippen molar-refractivity contribution in [3.63, 3.8) is 0 Å². The van der Waals surface area contributed by atoms with Crippen LogP contribution in [0, 0.1) is 0 Å². The van der Waals surface area contributed by atoms with Crippen LogP contribution in [-0.2, 0) is 15.5 Å². The molecule has 0 saturated carbocycles. The third-order valence-electron chi connectivity index (χ3n) is 3.03. The van der Waals surface area contributed by atoms with E-state index in [4.69, 9.17) is 10.7 Å². The van der Waals surface area contributed by atoms with Crippen molar-refractivity contribution in [1.82, 2.24) is 0 Å². The smallest absolute Gasteiger partial charge is 0.207 e. The van der Waals surface area contributed by atoms with Gasteiger partial charge in [0.25, 0.3) is 9.05 Å². The summed E-state index contributed by atoms with van der Waals surface area (Å²) in [7, 11) is 1.80. The minimum absolute atomic E-state index is 0.264. The molecular weight excluding hydrogens is 268 g/mol. The SMILES string of the molecule is CCCCCCCCc1ccccc1S(=O)(=O)Cl. The van der Waals surface area contributed by atoms with Crippen LogP contribution >= 0.6 is 10.7 Å². The Kier molecular flexibility index (Phi) is 6.72. The number of hydrogen-bond donors (Lipinski definition) is 0. The van der Waals surface area contributed by atoms with E-state index in [0.717, 1.165) is 24.8 Å². The van der Waals surface area contributed by atoms with Gasteiger partial charge in [0, 0.05) is 10.7 Å². The van der Waals surface area contributed by atoms with Gasteiger partial charge in [0.1, 0.15) is 0 Å². The van der Waals surface area contributed by atoms with E-state index in [1.54, 1.807) is 12.1 Å². The number of aryl methyl sites for hydroxylation is 1. The van der Waals surface area contributed by atoms with Crippen molar-refractivity contribution in [2.45, 2.75) is 56.8 Å². The van der Waals surface area contributed by atoms with E-state index >= 15 is 0 Å². The molecule has 1 aromatic carbocycles. The maximum Gasteiger partial charge on any atom is 0.261 e. The summed E-state index contributed by atoms with van der Waals surface area (Å²) >= 11 is 0. The van der Waals surface area contributed by atoms with Crippen molar-refractivity contribution in [2.75, 3.05) is 0 Å². The first-order chi connectivity index (χ1) is 8.55. The lowest BCUT2D eigenvalue weighted by Gasteiger charge is -2.06. The summed E-state index contributed by atoms with van der Waals surface area (Å²) in [6.07, 6.45) is 7.98. The quantitative estimate of drug-likeness (QED) is 0.521. The van der Waals surface area contributed by atoms with Crippen molar-refractivity contribution in [1.29, 1.82) is 0 Å². The van der Waals surface area contributed by atoms with Gasteiger partial charge in [-0.1, -0.05) is 57.2 Å². The first kappa shape index (κ1) is 15.5. The number of halogens is 1. The van der Waals surface area contributed by atoms with Gasteiger partial charge in [0.2, 0.25) is 0 Å². The molecular formula is C14H21ClO2S. The number of benzene rings is 1. The topological polar surface area (TPSA) is 34.1 Å². The zero-order chi connectivity index (χ0) is 13.4. The normalized spacial score (nSPS) is 11.7. The molecule has 18 heavy (non-hydrogen) atoms. The molecule has 102 valence electrons. The maximum atomic E-state index is 11.4. The first-order valence-electron chi connectivity index (χ1n) is 6.58. The second kappa shape index (κ2) is 7.80. The van der Waals surface area contributed by atoms with Crippen LogP contribution in [0.5, 0.6) is 0 Å². The number of unbranched alkanes of at least 4 members (excludes halogenated alkanes) is 5. The minimum Gasteiger partial charge on any atom is -0.207 e. The minimum atomic E-state index is -3.61. The molecule has 0 heterocycles. The van der Waals surface area contributed by atoms with Gasteiger partial charge in [0.05, 0.1) is 4.90 Å². The molecule has 0 aliphatic heterocycles. The second-order valence-corrected chi connectivity index (χ2v) is 7.10. The number of hydrogen-bond acceptors (Lipinski definition) is 2. The van der Waals surface area contributed by atoms with Crippen LogP contribution in [0.3, 0.4) is 0 Å². The molecule has 0 N–H and O–H groups in total. The molecule has 1 aromatic rings. The molecule has 0 spiro atoms.